The summed E-state index contributed by atoms with van der Waals surface area (Å²) in [6.07, 6.45) is 0. The Morgan fingerprint density at radius 1 is 0.792 bits per heavy atom. The second kappa shape index (κ2) is 8.11. The number of carbonyl (C=O) groups excluding carboxylic acids is 2. The van der Waals surface area contributed by atoms with E-state index in [1.807, 2.05) is 60.7 Å². The lowest BCUT2D eigenvalue weighted by atomic mass is 9.87. The van der Waals surface area contributed by atoms with Gasteiger partial charge in [-0.15, -0.1) is 0 Å². The van der Waals surface area contributed by atoms with Gasteiger partial charge in [0.05, 0.1) is 25.7 Å². The summed E-state index contributed by atoms with van der Waals surface area (Å²) < 4.78 is 9.78. The highest BCUT2D eigenvalue weighted by Crippen LogP contribution is 2.31. The summed E-state index contributed by atoms with van der Waals surface area (Å²) in [4.78, 5) is 24.6. The van der Waals surface area contributed by atoms with Crippen molar-refractivity contribution >= 4 is 17.5 Å². The van der Waals surface area contributed by atoms with Gasteiger partial charge in [0.15, 0.2) is 0 Å². The number of ether oxygens (including phenoxy) is 2. The van der Waals surface area contributed by atoms with Crippen molar-refractivity contribution < 1.29 is 19.1 Å². The van der Waals surface area contributed by atoms with Crippen LogP contribution in [0, 0.1) is 5.92 Å². The van der Waals surface area contributed by atoms with E-state index in [2.05, 4.69) is 0 Å². The minimum Gasteiger partial charge on any atom is -0.469 e. The molecule has 24 heavy (non-hydrogen) atoms. The molecule has 124 valence electrons. The fraction of sp³-hybridized carbons (Fsp3) is 0.200. The molecule has 2 rings (SSSR count). The summed E-state index contributed by atoms with van der Waals surface area (Å²) in [6, 6.07) is 18.9. The Labute approximate surface area is 141 Å². The van der Waals surface area contributed by atoms with Crippen molar-refractivity contribution in [2.75, 3.05) is 14.2 Å². The highest BCUT2D eigenvalue weighted by atomic mass is 16.5. The normalized spacial score (nSPS) is 11.3. The number of benzene rings is 2. The van der Waals surface area contributed by atoms with Crippen LogP contribution < -0.4 is 0 Å². The summed E-state index contributed by atoms with van der Waals surface area (Å²) in [6.45, 7) is 1.64. The van der Waals surface area contributed by atoms with Gasteiger partial charge in [0, 0.05) is 5.57 Å². The molecule has 0 radical (unpaired) electrons. The molecule has 0 aromatic heterocycles. The molecule has 0 saturated heterocycles. The summed E-state index contributed by atoms with van der Waals surface area (Å²) >= 11 is 0. The van der Waals surface area contributed by atoms with Crippen LogP contribution >= 0.6 is 0 Å². The molecule has 2 aromatic carbocycles. The third kappa shape index (κ3) is 3.71. The minimum absolute atomic E-state index is 0.279. The van der Waals surface area contributed by atoms with Gasteiger partial charge in [-0.05, 0) is 18.1 Å². The van der Waals surface area contributed by atoms with Crippen LogP contribution in [0.15, 0.2) is 66.2 Å². The molecule has 0 aliphatic carbocycles. The van der Waals surface area contributed by atoms with Crippen molar-refractivity contribution in [3.63, 3.8) is 0 Å². The molecule has 0 bridgehead atoms. The Balaban J connectivity index is 2.78. The van der Waals surface area contributed by atoms with Crippen molar-refractivity contribution in [3.8, 4) is 0 Å². The zero-order valence-corrected chi connectivity index (χ0v) is 14.0. The summed E-state index contributed by atoms with van der Waals surface area (Å²) in [7, 11) is 2.61. The zero-order chi connectivity index (χ0) is 17.5. The van der Waals surface area contributed by atoms with Crippen LogP contribution in [0.4, 0.5) is 0 Å². The second-order valence-corrected chi connectivity index (χ2v) is 5.26. The molecule has 0 amide bonds. The van der Waals surface area contributed by atoms with Gasteiger partial charge in [-0.25, -0.2) is 4.79 Å². The smallest absolute Gasteiger partial charge is 0.335 e. The Kier molecular flexibility index (Phi) is 5.90. The topological polar surface area (TPSA) is 52.6 Å². The fourth-order valence-corrected chi connectivity index (χ4v) is 2.59. The average Bonchev–Trinajstić information content (AvgIpc) is 2.65. The maximum absolute atomic E-state index is 12.5. The molecule has 0 N–H and O–H groups in total. The lowest BCUT2D eigenvalue weighted by molar-refractivity contribution is -0.146. The molecule has 0 spiro atoms. The van der Waals surface area contributed by atoms with Gasteiger partial charge in [0.25, 0.3) is 0 Å². The maximum Gasteiger partial charge on any atom is 0.335 e. The van der Waals surface area contributed by atoms with Crippen LogP contribution in [-0.2, 0) is 19.1 Å². The van der Waals surface area contributed by atoms with Gasteiger partial charge in [0.2, 0.25) is 0 Å². The van der Waals surface area contributed by atoms with E-state index >= 15 is 0 Å². The molecule has 0 fully saturated rings. The zero-order valence-electron chi connectivity index (χ0n) is 14.0. The maximum atomic E-state index is 12.5. The van der Waals surface area contributed by atoms with E-state index in [9.17, 15) is 9.59 Å². The van der Waals surface area contributed by atoms with Crippen LogP contribution in [0.1, 0.15) is 18.1 Å². The van der Waals surface area contributed by atoms with Gasteiger partial charge in [-0.3, -0.25) is 4.79 Å². The first-order valence-electron chi connectivity index (χ1n) is 7.61. The Morgan fingerprint density at radius 3 is 1.62 bits per heavy atom. The lowest BCUT2D eigenvalue weighted by Crippen LogP contribution is -2.23. The Bertz CT molecular complexity index is 691. The SMILES string of the molecule is COC(=O)C(=C(c1ccccc1)c1ccccc1)C(C)C(=O)OC. The summed E-state index contributed by atoms with van der Waals surface area (Å²) in [5.41, 5.74) is 2.61. The highest BCUT2D eigenvalue weighted by molar-refractivity contribution is 6.05. The molecule has 2 aromatic rings. The second-order valence-electron chi connectivity index (χ2n) is 5.26. The number of methoxy groups -OCH3 is 2. The molecule has 4 heteroatoms. The number of rotatable bonds is 5. The number of hydrogen-bond donors (Lipinski definition) is 0. The Morgan fingerprint density at radius 2 is 1.25 bits per heavy atom. The first-order chi connectivity index (χ1) is 11.6. The van der Waals surface area contributed by atoms with E-state index < -0.39 is 17.9 Å². The first kappa shape index (κ1) is 17.5. The third-order valence-electron chi connectivity index (χ3n) is 3.79. The standard InChI is InChI=1S/C20H20O4/c1-14(19(21)23-2)17(20(22)24-3)18(15-10-6-4-7-11-15)16-12-8-5-9-13-16/h4-14H,1-3H3. The van der Waals surface area contributed by atoms with Crippen LogP contribution in [0.3, 0.4) is 0 Å². The van der Waals surface area contributed by atoms with E-state index in [-0.39, 0.29) is 5.57 Å². The van der Waals surface area contributed by atoms with Crippen molar-refractivity contribution in [2.45, 2.75) is 6.92 Å². The largest absolute Gasteiger partial charge is 0.469 e. The molecular formula is C20H20O4. The van der Waals surface area contributed by atoms with Gasteiger partial charge in [0.1, 0.15) is 0 Å². The molecule has 0 heterocycles. The molecule has 0 saturated carbocycles. The van der Waals surface area contributed by atoms with Gasteiger partial charge in [-0.2, -0.15) is 0 Å². The van der Waals surface area contributed by atoms with E-state index in [1.54, 1.807) is 6.92 Å². The van der Waals surface area contributed by atoms with E-state index in [1.165, 1.54) is 14.2 Å². The molecular weight excluding hydrogens is 304 g/mol. The van der Waals surface area contributed by atoms with Crippen LogP contribution in [0.5, 0.6) is 0 Å². The van der Waals surface area contributed by atoms with Crippen LogP contribution in [0.2, 0.25) is 0 Å². The Hall–Kier alpha value is -2.88. The van der Waals surface area contributed by atoms with E-state index in [0.29, 0.717) is 5.57 Å². The molecule has 0 aliphatic rings. The van der Waals surface area contributed by atoms with Gasteiger partial charge >= 0.3 is 11.9 Å². The predicted molar refractivity (Wildman–Crippen MR) is 92.1 cm³/mol. The van der Waals surface area contributed by atoms with Gasteiger partial charge < -0.3 is 9.47 Å². The predicted octanol–water partition coefficient (Wildman–Crippen LogP) is 3.47. The number of carbonyl (C=O) groups is 2. The van der Waals surface area contributed by atoms with Crippen molar-refractivity contribution in [1.82, 2.24) is 0 Å². The van der Waals surface area contributed by atoms with Crippen molar-refractivity contribution in [3.05, 3.63) is 77.4 Å². The van der Waals surface area contributed by atoms with Gasteiger partial charge in [-0.1, -0.05) is 60.7 Å². The lowest BCUT2D eigenvalue weighted by Gasteiger charge is -2.19. The minimum atomic E-state index is -0.752. The van der Waals surface area contributed by atoms with Crippen LogP contribution in [-0.4, -0.2) is 26.2 Å². The average molecular weight is 324 g/mol. The van der Waals surface area contributed by atoms with E-state index in [0.717, 1.165) is 11.1 Å². The molecule has 0 aliphatic heterocycles. The molecule has 4 nitrogen and oxygen atoms in total. The number of hydrogen-bond acceptors (Lipinski definition) is 4. The van der Waals surface area contributed by atoms with Crippen molar-refractivity contribution in [1.29, 1.82) is 0 Å². The van der Waals surface area contributed by atoms with Crippen LogP contribution in [0.25, 0.3) is 5.57 Å². The monoisotopic (exact) mass is 324 g/mol. The fourth-order valence-electron chi connectivity index (χ4n) is 2.59. The summed E-state index contributed by atoms with van der Waals surface area (Å²) in [5, 5.41) is 0. The van der Waals surface area contributed by atoms with E-state index in [4.69, 9.17) is 9.47 Å². The molecule has 1 unspecified atom stereocenters. The highest BCUT2D eigenvalue weighted by Gasteiger charge is 2.29. The number of esters is 2. The third-order valence-corrected chi connectivity index (χ3v) is 3.79. The first-order valence-corrected chi connectivity index (χ1v) is 7.61. The molecule has 1 atom stereocenters. The van der Waals surface area contributed by atoms with Crippen molar-refractivity contribution in [2.24, 2.45) is 5.92 Å². The quantitative estimate of drug-likeness (QED) is 0.624. The summed E-state index contributed by atoms with van der Waals surface area (Å²) in [5.74, 6) is -1.78.